The van der Waals surface area contributed by atoms with E-state index in [0.29, 0.717) is 16.6 Å². The molecule has 8 nitrogen and oxygen atoms in total. The number of fused-ring (bicyclic) bond motifs is 1. The van der Waals surface area contributed by atoms with Crippen molar-refractivity contribution in [1.29, 1.82) is 0 Å². The van der Waals surface area contributed by atoms with E-state index in [1.165, 1.54) is 25.3 Å². The highest BCUT2D eigenvalue weighted by molar-refractivity contribution is 7.94. The van der Waals surface area contributed by atoms with Gasteiger partial charge in [-0.05, 0) is 30.3 Å². The van der Waals surface area contributed by atoms with Crippen molar-refractivity contribution in [3.8, 4) is 16.9 Å². The molecule has 2 aromatic heterocycles. The van der Waals surface area contributed by atoms with Crippen molar-refractivity contribution >= 4 is 29.0 Å². The summed E-state index contributed by atoms with van der Waals surface area (Å²) in [5, 5.41) is 22.1. The Morgan fingerprint density at radius 1 is 1.06 bits per heavy atom. The second kappa shape index (κ2) is 10.3. The topological polar surface area (TPSA) is 110 Å². The fourth-order valence-electron chi connectivity index (χ4n) is 3.44. The van der Waals surface area contributed by atoms with Gasteiger partial charge in [0.15, 0.2) is 5.65 Å². The lowest BCUT2D eigenvalue weighted by atomic mass is 10.1. The van der Waals surface area contributed by atoms with Gasteiger partial charge < -0.3 is 19.7 Å². The molecule has 0 aliphatic heterocycles. The number of aliphatic hydroxyl groups excluding tert-OH is 2. The Labute approximate surface area is 197 Å². The highest BCUT2D eigenvalue weighted by Gasteiger charge is 2.20. The van der Waals surface area contributed by atoms with Crippen LogP contribution in [-0.4, -0.2) is 51.1 Å². The zero-order valence-electron chi connectivity index (χ0n) is 17.9. The Morgan fingerprint density at radius 3 is 2.44 bits per heavy atom. The Balaban J connectivity index is 2.06. The standard InChI is InChI=1S/C23H20F2N4O4S/c1-33-34-15-5-2-4-13(10-15)20-16-8-9-19(32)29(21-17(24)6-3-7-18(21)25)22(16)28-23(27-20)26-14(11-30)12-31/h2-10,14,30-31H,11-12H2,1H3,(H,26,27,28). The zero-order chi connectivity index (χ0) is 24.2. The minimum Gasteiger partial charge on any atom is -0.394 e. The predicted molar refractivity (Wildman–Crippen MR) is 125 cm³/mol. The average molecular weight is 487 g/mol. The van der Waals surface area contributed by atoms with E-state index in [1.54, 1.807) is 18.2 Å². The van der Waals surface area contributed by atoms with Gasteiger partial charge in [0.2, 0.25) is 5.95 Å². The van der Waals surface area contributed by atoms with Gasteiger partial charge in [0.1, 0.15) is 17.3 Å². The van der Waals surface area contributed by atoms with Gasteiger partial charge in [0.05, 0.1) is 32.1 Å². The number of nitrogens with zero attached hydrogens (tertiary/aromatic N) is 3. The van der Waals surface area contributed by atoms with Crippen LogP contribution < -0.4 is 10.9 Å². The molecule has 4 rings (SSSR count). The van der Waals surface area contributed by atoms with E-state index in [1.807, 2.05) is 6.07 Å². The molecule has 2 aromatic carbocycles. The van der Waals surface area contributed by atoms with Crippen molar-refractivity contribution in [2.75, 3.05) is 25.6 Å². The maximum atomic E-state index is 14.7. The number of aromatic nitrogens is 3. The van der Waals surface area contributed by atoms with E-state index < -0.39 is 42.1 Å². The summed E-state index contributed by atoms with van der Waals surface area (Å²) in [6.07, 6.45) is 0. The number of para-hydroxylation sites is 1. The van der Waals surface area contributed by atoms with Crippen LogP contribution in [-0.2, 0) is 4.18 Å². The highest BCUT2D eigenvalue weighted by Crippen LogP contribution is 2.31. The van der Waals surface area contributed by atoms with E-state index >= 15 is 0 Å². The first kappa shape index (κ1) is 23.8. The van der Waals surface area contributed by atoms with Crippen LogP contribution in [0, 0.1) is 11.6 Å². The summed E-state index contributed by atoms with van der Waals surface area (Å²) in [7, 11) is 1.53. The molecule has 0 saturated carbocycles. The first-order valence-electron chi connectivity index (χ1n) is 10.1. The second-order valence-corrected chi connectivity index (χ2v) is 8.17. The molecular formula is C23H20F2N4O4S. The minimum atomic E-state index is -0.939. The molecule has 0 atom stereocenters. The van der Waals surface area contributed by atoms with E-state index in [-0.39, 0.29) is 11.6 Å². The first-order valence-corrected chi connectivity index (χ1v) is 10.9. The number of nitrogens with one attached hydrogen (secondary N) is 1. The van der Waals surface area contributed by atoms with E-state index in [0.717, 1.165) is 33.6 Å². The Bertz CT molecular complexity index is 1380. The number of benzene rings is 2. The second-order valence-electron chi connectivity index (χ2n) is 7.19. The van der Waals surface area contributed by atoms with Crippen LogP contribution in [0.3, 0.4) is 0 Å². The summed E-state index contributed by atoms with van der Waals surface area (Å²) in [5.41, 5.74) is -0.328. The van der Waals surface area contributed by atoms with Crippen molar-refractivity contribution in [3.63, 3.8) is 0 Å². The molecule has 0 radical (unpaired) electrons. The summed E-state index contributed by atoms with van der Waals surface area (Å²) in [6.45, 7) is -0.840. The third-order valence-electron chi connectivity index (χ3n) is 4.97. The quantitative estimate of drug-likeness (QED) is 0.326. The van der Waals surface area contributed by atoms with Crippen LogP contribution in [0.1, 0.15) is 0 Å². The Kier molecular flexibility index (Phi) is 7.17. The molecule has 0 bridgehead atoms. The van der Waals surface area contributed by atoms with Crippen LogP contribution >= 0.6 is 12.0 Å². The fraction of sp³-hybridized carbons (Fsp3) is 0.174. The lowest BCUT2D eigenvalue weighted by molar-refractivity contribution is 0.203. The molecule has 2 heterocycles. The molecule has 0 amide bonds. The SMILES string of the molecule is COSc1cccc(-c2nc(NC(CO)CO)nc3c2ccc(=O)n3-c2c(F)cccc2F)c1. The molecule has 0 fully saturated rings. The van der Waals surface area contributed by atoms with Crippen molar-refractivity contribution in [3.05, 3.63) is 76.6 Å². The number of anilines is 1. The van der Waals surface area contributed by atoms with Crippen molar-refractivity contribution < 1.29 is 23.2 Å². The van der Waals surface area contributed by atoms with Crippen molar-refractivity contribution in [2.45, 2.75) is 10.9 Å². The maximum Gasteiger partial charge on any atom is 0.256 e. The average Bonchev–Trinajstić information content (AvgIpc) is 2.83. The van der Waals surface area contributed by atoms with Crippen LogP contribution in [0.5, 0.6) is 0 Å². The van der Waals surface area contributed by atoms with Gasteiger partial charge in [0, 0.05) is 34.0 Å². The largest absolute Gasteiger partial charge is 0.394 e. The van der Waals surface area contributed by atoms with Gasteiger partial charge in [-0.3, -0.25) is 9.36 Å². The monoisotopic (exact) mass is 486 g/mol. The number of halogens is 2. The molecule has 4 aromatic rings. The van der Waals surface area contributed by atoms with E-state index in [2.05, 4.69) is 15.3 Å². The van der Waals surface area contributed by atoms with Gasteiger partial charge >= 0.3 is 0 Å². The van der Waals surface area contributed by atoms with Crippen LogP contribution in [0.4, 0.5) is 14.7 Å². The molecule has 0 spiro atoms. The number of rotatable bonds is 8. The van der Waals surface area contributed by atoms with Crippen LogP contribution in [0.15, 0.2) is 64.3 Å². The van der Waals surface area contributed by atoms with Crippen molar-refractivity contribution in [1.82, 2.24) is 14.5 Å². The molecular weight excluding hydrogens is 466 g/mol. The number of hydrogen-bond donors (Lipinski definition) is 3. The summed E-state index contributed by atoms with van der Waals surface area (Å²) < 4.78 is 35.3. The molecule has 0 saturated heterocycles. The molecule has 11 heteroatoms. The van der Waals surface area contributed by atoms with E-state index in [4.69, 9.17) is 4.18 Å². The minimum absolute atomic E-state index is 0.0449. The lowest BCUT2D eigenvalue weighted by Crippen LogP contribution is -2.29. The van der Waals surface area contributed by atoms with Gasteiger partial charge in [-0.15, -0.1) is 0 Å². The summed E-state index contributed by atoms with van der Waals surface area (Å²) in [4.78, 5) is 22.4. The first-order chi connectivity index (χ1) is 16.5. The third-order valence-corrected chi connectivity index (χ3v) is 5.59. The van der Waals surface area contributed by atoms with Crippen LogP contribution in [0.2, 0.25) is 0 Å². The number of hydrogen-bond acceptors (Lipinski definition) is 8. The summed E-state index contributed by atoms with van der Waals surface area (Å²) >= 11 is 1.14. The lowest BCUT2D eigenvalue weighted by Gasteiger charge is -2.17. The molecule has 0 aliphatic carbocycles. The van der Waals surface area contributed by atoms with Gasteiger partial charge in [0.25, 0.3) is 5.56 Å². The zero-order valence-corrected chi connectivity index (χ0v) is 18.7. The Morgan fingerprint density at radius 2 is 1.76 bits per heavy atom. The molecule has 0 aliphatic rings. The van der Waals surface area contributed by atoms with Gasteiger partial charge in [-0.2, -0.15) is 4.98 Å². The van der Waals surface area contributed by atoms with Crippen molar-refractivity contribution in [2.24, 2.45) is 0 Å². The molecule has 3 N–H and O–H groups in total. The molecule has 34 heavy (non-hydrogen) atoms. The highest BCUT2D eigenvalue weighted by atomic mass is 32.2. The smallest absolute Gasteiger partial charge is 0.256 e. The summed E-state index contributed by atoms with van der Waals surface area (Å²) in [6, 6.07) is 12.4. The fourth-order valence-corrected chi connectivity index (χ4v) is 3.94. The molecule has 0 unspecified atom stereocenters. The normalized spacial score (nSPS) is 11.4. The number of aliphatic hydroxyl groups is 2. The van der Waals surface area contributed by atoms with E-state index in [9.17, 15) is 23.8 Å². The van der Waals surface area contributed by atoms with Gasteiger partial charge in [-0.1, -0.05) is 18.2 Å². The van der Waals surface area contributed by atoms with Crippen LogP contribution in [0.25, 0.3) is 28.0 Å². The van der Waals surface area contributed by atoms with Gasteiger partial charge in [-0.25, -0.2) is 13.8 Å². The third kappa shape index (κ3) is 4.64. The maximum absolute atomic E-state index is 14.7. The molecule has 176 valence electrons. The number of pyridine rings is 1. The summed E-state index contributed by atoms with van der Waals surface area (Å²) in [5.74, 6) is -1.92. The predicted octanol–water partition coefficient (Wildman–Crippen LogP) is 3.14. The Hall–Kier alpha value is -3.38.